The van der Waals surface area contributed by atoms with Crippen LogP contribution in [0.3, 0.4) is 0 Å². The van der Waals surface area contributed by atoms with Gasteiger partial charge in [0.05, 0.1) is 13.2 Å². The third kappa shape index (κ3) is 6.64. The molecule has 0 radical (unpaired) electrons. The topological polar surface area (TPSA) is 66.0 Å². The number of benzene rings is 1. The zero-order valence-electron chi connectivity index (χ0n) is 18.7. The number of ether oxygens (including phenoxy) is 1. The zero-order chi connectivity index (χ0) is 21.2. The van der Waals surface area contributed by atoms with Crippen molar-refractivity contribution in [3.63, 3.8) is 0 Å². The molecule has 2 fully saturated rings. The summed E-state index contributed by atoms with van der Waals surface area (Å²) >= 11 is 0. The van der Waals surface area contributed by atoms with E-state index in [0.717, 1.165) is 75.6 Å². The summed E-state index contributed by atoms with van der Waals surface area (Å²) < 4.78 is 5.81. The maximum atomic E-state index is 12.7. The van der Waals surface area contributed by atoms with Crippen LogP contribution in [0.5, 0.6) is 5.75 Å². The van der Waals surface area contributed by atoms with Crippen LogP contribution in [0.15, 0.2) is 29.3 Å². The number of aliphatic imine (C=N–C) groups is 1. The molecular weight excluding hydrogens is 376 g/mol. The van der Waals surface area contributed by atoms with E-state index in [1.54, 1.807) is 0 Å². The molecule has 1 saturated heterocycles. The number of amides is 1. The highest BCUT2D eigenvalue weighted by atomic mass is 16.5. The highest BCUT2D eigenvalue weighted by Gasteiger charge is 2.32. The maximum absolute atomic E-state index is 12.7. The Morgan fingerprint density at radius 3 is 2.83 bits per heavy atom. The van der Waals surface area contributed by atoms with Crippen LogP contribution in [-0.4, -0.2) is 49.0 Å². The standard InChI is InChI=1S/C24H38N4O2/c1-3-5-15-30-22-12-8-9-19(16-22)17-26-24(25-4-2)27-21-13-14-28(18-21)23(29)20-10-6-7-11-20/h8-9,12,16,20-21H,3-7,10-11,13-15,17-18H2,1-2H3,(H2,25,26,27). The quantitative estimate of drug-likeness (QED) is 0.367. The first-order valence-electron chi connectivity index (χ1n) is 11.7. The summed E-state index contributed by atoms with van der Waals surface area (Å²) in [7, 11) is 0. The average Bonchev–Trinajstić information content (AvgIpc) is 3.45. The van der Waals surface area contributed by atoms with Crippen LogP contribution in [0, 0.1) is 5.92 Å². The van der Waals surface area contributed by atoms with Gasteiger partial charge in [0.25, 0.3) is 0 Å². The molecule has 2 aliphatic rings. The highest BCUT2D eigenvalue weighted by Crippen LogP contribution is 2.27. The SMILES string of the molecule is CCCCOc1cccc(CN=C(NCC)NC2CCN(C(=O)C3CCCC3)C2)c1. The molecule has 1 aliphatic heterocycles. The predicted octanol–water partition coefficient (Wildman–Crippen LogP) is 3.71. The van der Waals surface area contributed by atoms with E-state index in [1.807, 2.05) is 17.0 Å². The van der Waals surface area contributed by atoms with Gasteiger partial charge in [-0.05, 0) is 50.3 Å². The van der Waals surface area contributed by atoms with Crippen molar-refractivity contribution < 1.29 is 9.53 Å². The molecule has 30 heavy (non-hydrogen) atoms. The van der Waals surface area contributed by atoms with Gasteiger partial charge in [-0.1, -0.05) is 38.3 Å². The van der Waals surface area contributed by atoms with Crippen LogP contribution in [0.4, 0.5) is 0 Å². The zero-order valence-corrected chi connectivity index (χ0v) is 18.7. The Morgan fingerprint density at radius 1 is 1.23 bits per heavy atom. The molecule has 1 unspecified atom stereocenters. The lowest BCUT2D eigenvalue weighted by molar-refractivity contribution is -0.134. The molecule has 6 nitrogen and oxygen atoms in total. The molecule has 1 aromatic carbocycles. The summed E-state index contributed by atoms with van der Waals surface area (Å²) in [6.45, 7) is 8.03. The third-order valence-corrected chi connectivity index (χ3v) is 5.97. The minimum Gasteiger partial charge on any atom is -0.494 e. The van der Waals surface area contributed by atoms with Crippen LogP contribution in [0.25, 0.3) is 0 Å². The lowest BCUT2D eigenvalue weighted by Crippen LogP contribution is -2.45. The molecule has 3 rings (SSSR count). The molecule has 166 valence electrons. The number of nitrogens with one attached hydrogen (secondary N) is 2. The van der Waals surface area contributed by atoms with Crippen LogP contribution >= 0.6 is 0 Å². The van der Waals surface area contributed by atoms with Gasteiger partial charge in [0.1, 0.15) is 5.75 Å². The van der Waals surface area contributed by atoms with E-state index in [2.05, 4.69) is 36.6 Å². The van der Waals surface area contributed by atoms with Gasteiger partial charge in [-0.15, -0.1) is 0 Å². The number of carbonyl (C=O) groups is 1. The van der Waals surface area contributed by atoms with Crippen LogP contribution in [0.1, 0.15) is 64.4 Å². The fraction of sp³-hybridized carbons (Fsp3) is 0.667. The molecule has 1 aliphatic carbocycles. The van der Waals surface area contributed by atoms with Crippen LogP contribution < -0.4 is 15.4 Å². The van der Waals surface area contributed by atoms with Gasteiger partial charge in [-0.2, -0.15) is 0 Å². The van der Waals surface area contributed by atoms with Gasteiger partial charge in [0, 0.05) is 31.6 Å². The van der Waals surface area contributed by atoms with Crippen molar-refractivity contribution in [2.24, 2.45) is 10.9 Å². The van der Waals surface area contributed by atoms with Crippen molar-refractivity contribution in [1.82, 2.24) is 15.5 Å². The summed E-state index contributed by atoms with van der Waals surface area (Å²) in [6, 6.07) is 8.44. The van der Waals surface area contributed by atoms with E-state index >= 15 is 0 Å². The van der Waals surface area contributed by atoms with Crippen molar-refractivity contribution in [1.29, 1.82) is 0 Å². The van der Waals surface area contributed by atoms with Gasteiger partial charge >= 0.3 is 0 Å². The fourth-order valence-corrected chi connectivity index (χ4v) is 4.26. The normalized spacial score (nSPS) is 19.9. The molecule has 0 bridgehead atoms. The molecule has 1 heterocycles. The molecular formula is C24H38N4O2. The van der Waals surface area contributed by atoms with E-state index in [1.165, 1.54) is 12.8 Å². The summed E-state index contributed by atoms with van der Waals surface area (Å²) in [4.78, 5) is 19.5. The second-order valence-corrected chi connectivity index (χ2v) is 8.44. The molecule has 0 spiro atoms. The monoisotopic (exact) mass is 414 g/mol. The number of rotatable bonds is 9. The Bertz CT molecular complexity index is 700. The van der Waals surface area contributed by atoms with Gasteiger partial charge in [-0.3, -0.25) is 4.79 Å². The summed E-state index contributed by atoms with van der Waals surface area (Å²) in [5.41, 5.74) is 1.13. The van der Waals surface area contributed by atoms with E-state index in [-0.39, 0.29) is 12.0 Å². The smallest absolute Gasteiger partial charge is 0.225 e. The van der Waals surface area contributed by atoms with Crippen LogP contribution in [-0.2, 0) is 11.3 Å². The largest absolute Gasteiger partial charge is 0.494 e. The Labute approximate surface area is 181 Å². The Hall–Kier alpha value is -2.24. The number of unbranched alkanes of at least 4 members (excludes halogenated alkanes) is 1. The number of guanidine groups is 1. The second-order valence-electron chi connectivity index (χ2n) is 8.44. The average molecular weight is 415 g/mol. The third-order valence-electron chi connectivity index (χ3n) is 5.97. The van der Waals surface area contributed by atoms with E-state index in [0.29, 0.717) is 12.5 Å². The van der Waals surface area contributed by atoms with Crippen molar-refractivity contribution in [2.45, 2.75) is 71.4 Å². The molecule has 1 atom stereocenters. The van der Waals surface area contributed by atoms with E-state index in [4.69, 9.17) is 9.73 Å². The van der Waals surface area contributed by atoms with Crippen molar-refractivity contribution in [2.75, 3.05) is 26.2 Å². The van der Waals surface area contributed by atoms with E-state index < -0.39 is 0 Å². The molecule has 2 N–H and O–H groups in total. The first kappa shape index (κ1) is 22.4. The lowest BCUT2D eigenvalue weighted by atomic mass is 10.1. The summed E-state index contributed by atoms with van der Waals surface area (Å²) in [5.74, 6) is 2.34. The second kappa shape index (κ2) is 11.8. The van der Waals surface area contributed by atoms with Crippen molar-refractivity contribution >= 4 is 11.9 Å². The Morgan fingerprint density at radius 2 is 2.07 bits per heavy atom. The highest BCUT2D eigenvalue weighted by molar-refractivity contribution is 5.81. The predicted molar refractivity (Wildman–Crippen MR) is 122 cm³/mol. The molecule has 0 aromatic heterocycles. The van der Waals surface area contributed by atoms with Gasteiger partial charge < -0.3 is 20.3 Å². The Kier molecular flexibility index (Phi) is 8.84. The minimum atomic E-state index is 0.261. The molecule has 1 aromatic rings. The summed E-state index contributed by atoms with van der Waals surface area (Å²) in [6.07, 6.45) is 7.72. The van der Waals surface area contributed by atoms with E-state index in [9.17, 15) is 4.79 Å². The lowest BCUT2D eigenvalue weighted by Gasteiger charge is -2.21. The first-order valence-corrected chi connectivity index (χ1v) is 11.7. The van der Waals surface area contributed by atoms with Gasteiger partial charge in [0.2, 0.25) is 5.91 Å². The Balaban J connectivity index is 1.52. The fourth-order valence-electron chi connectivity index (χ4n) is 4.26. The number of carbonyl (C=O) groups excluding carboxylic acids is 1. The molecule has 1 saturated carbocycles. The summed E-state index contributed by atoms with van der Waals surface area (Å²) in [5, 5.41) is 6.87. The number of nitrogens with zero attached hydrogens (tertiary/aromatic N) is 2. The first-order chi connectivity index (χ1) is 14.7. The van der Waals surface area contributed by atoms with Crippen molar-refractivity contribution in [3.05, 3.63) is 29.8 Å². The maximum Gasteiger partial charge on any atom is 0.225 e. The number of likely N-dealkylation sites (tertiary alicyclic amines) is 1. The van der Waals surface area contributed by atoms with Crippen LogP contribution in [0.2, 0.25) is 0 Å². The number of hydrogen-bond donors (Lipinski definition) is 2. The number of hydrogen-bond acceptors (Lipinski definition) is 3. The minimum absolute atomic E-state index is 0.261. The van der Waals surface area contributed by atoms with Crippen molar-refractivity contribution in [3.8, 4) is 5.75 Å². The van der Waals surface area contributed by atoms with Gasteiger partial charge in [-0.25, -0.2) is 4.99 Å². The molecule has 1 amide bonds. The van der Waals surface area contributed by atoms with Gasteiger partial charge in [0.15, 0.2) is 5.96 Å². The molecule has 6 heteroatoms.